The molecular weight excluding hydrogens is 250 g/mol. The Morgan fingerprint density at radius 1 is 1.00 bits per heavy atom. The first kappa shape index (κ1) is 12.7. The van der Waals surface area contributed by atoms with Gasteiger partial charge in [-0.1, -0.05) is 18.2 Å². The summed E-state index contributed by atoms with van der Waals surface area (Å²) >= 11 is 5.80. The molecule has 18 heavy (non-hydrogen) atoms. The van der Waals surface area contributed by atoms with Gasteiger partial charge in [-0.3, -0.25) is 4.98 Å². The van der Waals surface area contributed by atoms with E-state index in [0.29, 0.717) is 24.8 Å². The quantitative estimate of drug-likeness (QED) is 0.592. The molecule has 0 aliphatic carbocycles. The van der Waals surface area contributed by atoms with Crippen molar-refractivity contribution in [2.45, 2.75) is 5.88 Å². The number of rotatable bonds is 6. The van der Waals surface area contributed by atoms with Gasteiger partial charge < -0.3 is 9.47 Å². The Bertz CT molecular complexity index is 476. The van der Waals surface area contributed by atoms with Crippen molar-refractivity contribution in [2.24, 2.45) is 0 Å². The lowest BCUT2D eigenvalue weighted by Crippen LogP contribution is -2.09. The van der Waals surface area contributed by atoms with Gasteiger partial charge in [-0.15, -0.1) is 11.6 Å². The second-order valence-corrected chi connectivity index (χ2v) is 3.89. The van der Waals surface area contributed by atoms with E-state index in [1.807, 2.05) is 36.4 Å². The maximum absolute atomic E-state index is 5.80. The van der Waals surface area contributed by atoms with Crippen molar-refractivity contribution in [2.75, 3.05) is 13.2 Å². The third kappa shape index (κ3) is 3.64. The van der Waals surface area contributed by atoms with Crippen molar-refractivity contribution < 1.29 is 9.47 Å². The molecule has 2 rings (SSSR count). The van der Waals surface area contributed by atoms with E-state index in [2.05, 4.69) is 4.98 Å². The Hall–Kier alpha value is -1.74. The smallest absolute Gasteiger partial charge is 0.142 e. The lowest BCUT2D eigenvalue weighted by molar-refractivity contribution is 0.215. The van der Waals surface area contributed by atoms with E-state index >= 15 is 0 Å². The summed E-state index contributed by atoms with van der Waals surface area (Å²) in [4.78, 5) is 4.01. The van der Waals surface area contributed by atoms with Crippen LogP contribution in [0, 0.1) is 0 Å². The van der Waals surface area contributed by atoms with Crippen LogP contribution in [0.4, 0.5) is 0 Å². The van der Waals surface area contributed by atoms with Crippen LogP contribution in [0.3, 0.4) is 0 Å². The predicted molar refractivity (Wildman–Crippen MR) is 71.2 cm³/mol. The van der Waals surface area contributed by atoms with E-state index in [1.165, 1.54) is 0 Å². The predicted octanol–water partition coefficient (Wildman–Crippen LogP) is 3.28. The first-order valence-corrected chi connectivity index (χ1v) is 6.23. The summed E-state index contributed by atoms with van der Waals surface area (Å²) in [5.41, 5.74) is 0.936. The Morgan fingerprint density at radius 3 is 2.56 bits per heavy atom. The van der Waals surface area contributed by atoms with E-state index < -0.39 is 0 Å². The number of alkyl halides is 1. The maximum Gasteiger partial charge on any atom is 0.142 e. The van der Waals surface area contributed by atoms with Gasteiger partial charge in [-0.05, 0) is 18.2 Å². The van der Waals surface area contributed by atoms with Crippen molar-refractivity contribution in [1.82, 2.24) is 4.98 Å². The van der Waals surface area contributed by atoms with Crippen molar-refractivity contribution in [3.8, 4) is 11.5 Å². The van der Waals surface area contributed by atoms with Crippen LogP contribution in [0.2, 0.25) is 0 Å². The monoisotopic (exact) mass is 263 g/mol. The lowest BCUT2D eigenvalue weighted by atomic mass is 10.3. The largest absolute Gasteiger partial charge is 0.490 e. The fourth-order valence-electron chi connectivity index (χ4n) is 1.48. The number of halogens is 1. The van der Waals surface area contributed by atoms with Gasteiger partial charge in [0.05, 0.1) is 12.1 Å². The van der Waals surface area contributed by atoms with Crippen LogP contribution < -0.4 is 9.47 Å². The molecule has 3 nitrogen and oxygen atoms in total. The molecule has 0 atom stereocenters. The number of benzene rings is 1. The number of nitrogens with zero attached hydrogens (tertiary/aromatic N) is 1. The molecule has 0 saturated heterocycles. The number of para-hydroxylation sites is 1. The van der Waals surface area contributed by atoms with Gasteiger partial charge in [0.1, 0.15) is 24.7 Å². The summed E-state index contributed by atoms with van der Waals surface area (Å²) in [6, 6.07) is 11.5. The summed E-state index contributed by atoms with van der Waals surface area (Å²) in [6.07, 6.45) is 3.37. The normalized spacial score (nSPS) is 10.1. The zero-order valence-corrected chi connectivity index (χ0v) is 10.6. The molecule has 0 N–H and O–H groups in total. The Morgan fingerprint density at radius 2 is 1.78 bits per heavy atom. The van der Waals surface area contributed by atoms with Crippen LogP contribution in [-0.4, -0.2) is 18.2 Å². The summed E-state index contributed by atoms with van der Waals surface area (Å²) in [5, 5.41) is 0. The van der Waals surface area contributed by atoms with Crippen molar-refractivity contribution in [3.63, 3.8) is 0 Å². The molecule has 94 valence electrons. The van der Waals surface area contributed by atoms with E-state index in [-0.39, 0.29) is 0 Å². The van der Waals surface area contributed by atoms with Gasteiger partial charge in [-0.2, -0.15) is 0 Å². The standard InChI is InChI=1S/C14H14ClNO2/c15-10-12-6-7-16-11-14(12)18-9-8-17-13-4-2-1-3-5-13/h1-7,11H,8-10H2. The van der Waals surface area contributed by atoms with Gasteiger partial charge in [0.25, 0.3) is 0 Å². The van der Waals surface area contributed by atoms with Crippen molar-refractivity contribution >= 4 is 11.6 Å². The highest BCUT2D eigenvalue weighted by Crippen LogP contribution is 2.18. The number of pyridine rings is 1. The third-order valence-corrected chi connectivity index (χ3v) is 2.65. The summed E-state index contributed by atoms with van der Waals surface area (Å²) < 4.78 is 11.1. The fourth-order valence-corrected chi connectivity index (χ4v) is 1.70. The first-order chi connectivity index (χ1) is 8.90. The van der Waals surface area contributed by atoms with Crippen LogP contribution in [0.15, 0.2) is 48.8 Å². The van der Waals surface area contributed by atoms with Crippen LogP contribution in [0.1, 0.15) is 5.56 Å². The second kappa shape index (κ2) is 6.87. The lowest BCUT2D eigenvalue weighted by Gasteiger charge is -2.10. The Kier molecular flexibility index (Phi) is 4.85. The highest BCUT2D eigenvalue weighted by molar-refractivity contribution is 6.17. The molecular formula is C14H14ClNO2. The third-order valence-electron chi connectivity index (χ3n) is 2.37. The zero-order valence-electron chi connectivity index (χ0n) is 9.88. The highest BCUT2D eigenvalue weighted by atomic mass is 35.5. The molecule has 0 aliphatic heterocycles. The number of aromatic nitrogens is 1. The summed E-state index contributed by atoms with van der Waals surface area (Å²) in [5.74, 6) is 1.96. The molecule has 0 aliphatic rings. The topological polar surface area (TPSA) is 31.4 Å². The molecule has 2 aromatic rings. The molecule has 1 heterocycles. The molecule has 4 heteroatoms. The minimum Gasteiger partial charge on any atom is -0.490 e. The minimum atomic E-state index is 0.414. The molecule has 1 aromatic carbocycles. The average molecular weight is 264 g/mol. The molecule has 1 aromatic heterocycles. The SMILES string of the molecule is ClCc1ccncc1OCCOc1ccccc1. The van der Waals surface area contributed by atoms with E-state index in [4.69, 9.17) is 21.1 Å². The summed E-state index contributed by atoms with van der Waals surface area (Å²) in [6.45, 7) is 0.950. The molecule has 0 unspecified atom stereocenters. The minimum absolute atomic E-state index is 0.414. The van der Waals surface area contributed by atoms with Gasteiger partial charge in [0, 0.05) is 11.8 Å². The maximum atomic E-state index is 5.80. The van der Waals surface area contributed by atoms with Crippen molar-refractivity contribution in [1.29, 1.82) is 0 Å². The van der Waals surface area contributed by atoms with E-state index in [1.54, 1.807) is 12.4 Å². The molecule has 0 radical (unpaired) electrons. The molecule has 0 fully saturated rings. The van der Waals surface area contributed by atoms with E-state index in [0.717, 1.165) is 11.3 Å². The number of hydrogen-bond donors (Lipinski definition) is 0. The average Bonchev–Trinajstić information content (AvgIpc) is 2.45. The van der Waals surface area contributed by atoms with E-state index in [9.17, 15) is 0 Å². The van der Waals surface area contributed by atoms with Crippen LogP contribution >= 0.6 is 11.6 Å². The fraction of sp³-hybridized carbons (Fsp3) is 0.214. The van der Waals surface area contributed by atoms with Gasteiger partial charge in [-0.25, -0.2) is 0 Å². The van der Waals surface area contributed by atoms with Gasteiger partial charge >= 0.3 is 0 Å². The number of hydrogen-bond acceptors (Lipinski definition) is 3. The Labute approximate surface area is 111 Å². The van der Waals surface area contributed by atoms with Crippen LogP contribution in [0.5, 0.6) is 11.5 Å². The summed E-state index contributed by atoms with van der Waals surface area (Å²) in [7, 11) is 0. The van der Waals surface area contributed by atoms with Gasteiger partial charge in [0.2, 0.25) is 0 Å². The zero-order chi connectivity index (χ0) is 12.6. The first-order valence-electron chi connectivity index (χ1n) is 5.69. The van der Waals surface area contributed by atoms with Crippen LogP contribution in [-0.2, 0) is 5.88 Å². The molecule has 0 spiro atoms. The molecule has 0 bridgehead atoms. The Balaban J connectivity index is 1.78. The molecule has 0 saturated carbocycles. The molecule has 0 amide bonds. The van der Waals surface area contributed by atoms with Gasteiger partial charge in [0.15, 0.2) is 0 Å². The van der Waals surface area contributed by atoms with Crippen LogP contribution in [0.25, 0.3) is 0 Å². The second-order valence-electron chi connectivity index (χ2n) is 3.63. The number of ether oxygens (including phenoxy) is 2. The van der Waals surface area contributed by atoms with Crippen molar-refractivity contribution in [3.05, 3.63) is 54.4 Å². The highest BCUT2D eigenvalue weighted by Gasteiger charge is 2.02.